The summed E-state index contributed by atoms with van der Waals surface area (Å²) in [6.45, 7) is 0. The number of H-pyrrole nitrogens is 1. The maximum atomic E-state index is 6.01. The number of guanidine groups is 1. The van der Waals surface area contributed by atoms with Crippen molar-refractivity contribution in [3.63, 3.8) is 0 Å². The third kappa shape index (κ3) is 2.09. The molecule has 3 heterocycles. The van der Waals surface area contributed by atoms with Crippen molar-refractivity contribution in [3.8, 4) is 11.3 Å². The van der Waals surface area contributed by atoms with Crippen molar-refractivity contribution in [3.05, 3.63) is 66.4 Å². The number of hydrogen-bond donors (Lipinski definition) is 3. The highest BCUT2D eigenvalue weighted by Crippen LogP contribution is 2.35. The van der Waals surface area contributed by atoms with Crippen molar-refractivity contribution in [2.24, 2.45) is 10.7 Å². The molecule has 0 saturated heterocycles. The molecule has 25 heavy (non-hydrogen) atoms. The van der Waals surface area contributed by atoms with Gasteiger partial charge in [-0.3, -0.25) is 15.0 Å². The predicted molar refractivity (Wildman–Crippen MR) is 97.1 cm³/mol. The fraction of sp³-hybridized carbons (Fsp3) is 0.0556. The van der Waals surface area contributed by atoms with Gasteiger partial charge in [-0.1, -0.05) is 42.5 Å². The lowest BCUT2D eigenvalue weighted by molar-refractivity contribution is 0.628. The number of rotatable bonds is 2. The predicted octanol–water partition coefficient (Wildman–Crippen LogP) is 2.71. The summed E-state index contributed by atoms with van der Waals surface area (Å²) in [4.78, 5) is 9.25. The Morgan fingerprint density at radius 2 is 1.80 bits per heavy atom. The van der Waals surface area contributed by atoms with Gasteiger partial charge in [-0.05, 0) is 17.7 Å². The maximum absolute atomic E-state index is 6.01. The molecule has 0 aliphatic carbocycles. The summed E-state index contributed by atoms with van der Waals surface area (Å²) in [5.74, 6) is 1.02. The molecule has 122 valence electrons. The van der Waals surface area contributed by atoms with E-state index >= 15 is 0 Å². The van der Waals surface area contributed by atoms with Crippen LogP contribution in [-0.4, -0.2) is 25.7 Å². The molecule has 0 amide bonds. The summed E-state index contributed by atoms with van der Waals surface area (Å²) in [6, 6.07) is 18.0. The molecule has 1 aliphatic heterocycles. The molecule has 1 unspecified atom stereocenters. The molecule has 2 aromatic carbocycles. The van der Waals surface area contributed by atoms with Crippen LogP contribution in [0.5, 0.6) is 0 Å². The first-order valence-corrected chi connectivity index (χ1v) is 7.97. The molecule has 2 aromatic heterocycles. The Labute approximate surface area is 143 Å². The fourth-order valence-corrected chi connectivity index (χ4v) is 3.25. The van der Waals surface area contributed by atoms with Crippen LogP contribution < -0.4 is 11.1 Å². The van der Waals surface area contributed by atoms with Crippen LogP contribution in [0.25, 0.3) is 22.3 Å². The minimum atomic E-state index is -0.336. The van der Waals surface area contributed by atoms with E-state index < -0.39 is 0 Å². The second-order valence-electron chi connectivity index (χ2n) is 5.87. The van der Waals surface area contributed by atoms with Crippen molar-refractivity contribution in [2.45, 2.75) is 6.17 Å². The second-order valence-corrected chi connectivity index (χ2v) is 5.87. The minimum Gasteiger partial charge on any atom is -0.370 e. The second kappa shape index (κ2) is 5.20. The highest BCUT2D eigenvalue weighted by Gasteiger charge is 2.28. The summed E-state index contributed by atoms with van der Waals surface area (Å²) in [6.07, 6.45) is 1.46. The molecule has 5 rings (SSSR count). The SMILES string of the molecule is NC1=NC(c2cn[nH]c2-c2ccccc2)n2c(nc3ccccc32)N1. The Balaban J connectivity index is 1.74. The number of aliphatic imine (C=N–C) groups is 1. The monoisotopic (exact) mass is 329 g/mol. The van der Waals surface area contributed by atoms with Gasteiger partial charge in [0.25, 0.3) is 0 Å². The molecule has 0 fully saturated rings. The Morgan fingerprint density at radius 1 is 1.00 bits per heavy atom. The van der Waals surface area contributed by atoms with Gasteiger partial charge >= 0.3 is 0 Å². The zero-order valence-corrected chi connectivity index (χ0v) is 13.2. The summed E-state index contributed by atoms with van der Waals surface area (Å²) >= 11 is 0. The first-order valence-electron chi connectivity index (χ1n) is 7.97. The number of benzene rings is 2. The van der Waals surface area contributed by atoms with Gasteiger partial charge in [-0.25, -0.2) is 9.98 Å². The van der Waals surface area contributed by atoms with Crippen molar-refractivity contribution in [2.75, 3.05) is 5.32 Å². The molecular weight excluding hydrogens is 314 g/mol. The average Bonchev–Trinajstić information content (AvgIpc) is 3.26. The molecule has 0 saturated carbocycles. The summed E-state index contributed by atoms with van der Waals surface area (Å²) in [7, 11) is 0. The number of anilines is 1. The minimum absolute atomic E-state index is 0.336. The Morgan fingerprint density at radius 3 is 2.68 bits per heavy atom. The number of nitrogens with two attached hydrogens (primary N) is 1. The van der Waals surface area contributed by atoms with Crippen LogP contribution >= 0.6 is 0 Å². The van der Waals surface area contributed by atoms with Crippen LogP contribution in [0.2, 0.25) is 0 Å². The number of aromatic amines is 1. The highest BCUT2D eigenvalue weighted by molar-refractivity contribution is 5.94. The number of fused-ring (bicyclic) bond motifs is 3. The molecule has 4 N–H and O–H groups in total. The third-order valence-corrected chi connectivity index (χ3v) is 4.35. The molecule has 0 bridgehead atoms. The van der Waals surface area contributed by atoms with E-state index in [0.717, 1.165) is 27.9 Å². The fourth-order valence-electron chi connectivity index (χ4n) is 3.25. The quantitative estimate of drug-likeness (QED) is 0.527. The van der Waals surface area contributed by atoms with Crippen molar-refractivity contribution < 1.29 is 0 Å². The van der Waals surface area contributed by atoms with Crippen molar-refractivity contribution in [1.29, 1.82) is 0 Å². The van der Waals surface area contributed by atoms with E-state index in [4.69, 9.17) is 5.73 Å². The summed E-state index contributed by atoms with van der Waals surface area (Å²) < 4.78 is 2.04. The van der Waals surface area contributed by atoms with Gasteiger partial charge in [-0.15, -0.1) is 0 Å². The zero-order chi connectivity index (χ0) is 16.8. The zero-order valence-electron chi connectivity index (χ0n) is 13.2. The van der Waals surface area contributed by atoms with E-state index in [1.54, 1.807) is 6.20 Å². The normalized spacial score (nSPS) is 16.3. The van der Waals surface area contributed by atoms with Crippen LogP contribution in [0.3, 0.4) is 0 Å². The smallest absolute Gasteiger partial charge is 0.212 e. The van der Waals surface area contributed by atoms with E-state index in [0.29, 0.717) is 11.9 Å². The summed E-state index contributed by atoms with van der Waals surface area (Å²) in [5.41, 5.74) is 10.8. The van der Waals surface area contributed by atoms with Crippen LogP contribution in [-0.2, 0) is 0 Å². The average molecular weight is 329 g/mol. The number of para-hydroxylation sites is 2. The molecule has 1 atom stereocenters. The van der Waals surface area contributed by atoms with E-state index in [1.807, 2.05) is 59.2 Å². The lowest BCUT2D eigenvalue weighted by Gasteiger charge is -2.23. The lowest BCUT2D eigenvalue weighted by atomic mass is 10.1. The summed E-state index contributed by atoms with van der Waals surface area (Å²) in [5, 5.41) is 10.4. The Hall–Kier alpha value is -3.61. The van der Waals surface area contributed by atoms with Gasteiger partial charge in [0.05, 0.1) is 22.9 Å². The Bertz CT molecular complexity index is 1090. The van der Waals surface area contributed by atoms with Gasteiger partial charge in [0.2, 0.25) is 5.95 Å². The topological polar surface area (TPSA) is 96.9 Å². The van der Waals surface area contributed by atoms with E-state index in [2.05, 4.69) is 25.5 Å². The third-order valence-electron chi connectivity index (χ3n) is 4.35. The van der Waals surface area contributed by atoms with E-state index in [1.165, 1.54) is 0 Å². The van der Waals surface area contributed by atoms with Crippen LogP contribution in [0.15, 0.2) is 65.8 Å². The molecule has 4 aromatic rings. The van der Waals surface area contributed by atoms with E-state index in [-0.39, 0.29) is 6.17 Å². The van der Waals surface area contributed by atoms with Crippen LogP contribution in [0.1, 0.15) is 11.7 Å². The van der Waals surface area contributed by atoms with Crippen LogP contribution in [0.4, 0.5) is 5.95 Å². The standard InChI is InChI=1S/C18H15N7/c19-17-22-16(12-10-20-24-15(12)11-6-2-1-3-7-11)25-14-9-5-4-8-13(14)21-18(25)23-17/h1-10,16H,(H,20,24)(H3,19,21,22,23). The molecule has 7 heteroatoms. The van der Waals surface area contributed by atoms with Gasteiger partial charge in [0.1, 0.15) is 0 Å². The molecule has 0 radical (unpaired) electrons. The number of nitrogens with one attached hydrogen (secondary N) is 2. The number of aromatic nitrogens is 4. The highest BCUT2D eigenvalue weighted by atomic mass is 15.4. The molecule has 7 nitrogen and oxygen atoms in total. The van der Waals surface area contributed by atoms with Crippen molar-refractivity contribution >= 4 is 22.9 Å². The largest absolute Gasteiger partial charge is 0.370 e. The van der Waals surface area contributed by atoms with Gasteiger partial charge in [0, 0.05) is 5.56 Å². The number of imidazole rings is 1. The number of hydrogen-bond acceptors (Lipinski definition) is 5. The lowest BCUT2D eigenvalue weighted by Crippen LogP contribution is -2.31. The maximum Gasteiger partial charge on any atom is 0.212 e. The van der Waals surface area contributed by atoms with Crippen molar-refractivity contribution in [1.82, 2.24) is 19.7 Å². The first kappa shape index (κ1) is 13.8. The molecular formula is C18H15N7. The van der Waals surface area contributed by atoms with Gasteiger partial charge < -0.3 is 5.73 Å². The van der Waals surface area contributed by atoms with Crippen LogP contribution in [0, 0.1) is 0 Å². The first-order chi connectivity index (χ1) is 12.3. The van der Waals surface area contributed by atoms with Gasteiger partial charge in [0.15, 0.2) is 12.1 Å². The molecule has 1 aliphatic rings. The Kier molecular flexibility index (Phi) is 2.87. The number of nitrogens with zero attached hydrogens (tertiary/aromatic N) is 4. The molecule has 0 spiro atoms. The van der Waals surface area contributed by atoms with E-state index in [9.17, 15) is 0 Å². The van der Waals surface area contributed by atoms with Gasteiger partial charge in [-0.2, -0.15) is 5.10 Å².